The van der Waals surface area contributed by atoms with Crippen molar-refractivity contribution >= 4 is 29.1 Å². The van der Waals surface area contributed by atoms with Crippen molar-refractivity contribution in [1.29, 1.82) is 0 Å². The highest BCUT2D eigenvalue weighted by molar-refractivity contribution is 6.31. The average Bonchev–Trinajstić information content (AvgIpc) is 3.10. The molecule has 2 aromatic carbocycles. The van der Waals surface area contributed by atoms with Gasteiger partial charge in [0.05, 0.1) is 20.1 Å². The number of rotatable bonds is 7. The molecule has 0 aliphatic carbocycles. The van der Waals surface area contributed by atoms with E-state index in [1.54, 1.807) is 31.3 Å². The minimum Gasteiger partial charge on any atom is -0.493 e. The zero-order valence-electron chi connectivity index (χ0n) is 16.8. The number of likely N-dealkylation sites (tertiary alicyclic amines) is 1. The molecule has 0 spiro atoms. The van der Waals surface area contributed by atoms with Crippen molar-refractivity contribution < 1.29 is 19.1 Å². The molecule has 1 aliphatic heterocycles. The van der Waals surface area contributed by atoms with Crippen molar-refractivity contribution in [2.75, 3.05) is 32.6 Å². The van der Waals surface area contributed by atoms with Gasteiger partial charge in [-0.2, -0.15) is 0 Å². The van der Waals surface area contributed by atoms with E-state index in [9.17, 15) is 9.59 Å². The van der Waals surface area contributed by atoms with E-state index >= 15 is 0 Å². The molecular weight excluding hydrogens is 392 g/mol. The highest BCUT2D eigenvalue weighted by atomic mass is 35.5. The van der Waals surface area contributed by atoms with Crippen LogP contribution in [0.3, 0.4) is 0 Å². The second kappa shape index (κ2) is 9.18. The second-order valence-electron chi connectivity index (χ2n) is 7.08. The number of hydrogen-bond acceptors (Lipinski definition) is 4. The van der Waals surface area contributed by atoms with Gasteiger partial charge in [-0.05, 0) is 48.7 Å². The molecule has 0 saturated carbocycles. The lowest BCUT2D eigenvalue weighted by molar-refractivity contribution is -0.128. The summed E-state index contributed by atoms with van der Waals surface area (Å²) in [6.45, 7) is 2.82. The van der Waals surface area contributed by atoms with Gasteiger partial charge in [-0.1, -0.05) is 23.7 Å². The Hall–Kier alpha value is -2.73. The van der Waals surface area contributed by atoms with Crippen molar-refractivity contribution in [2.45, 2.75) is 19.8 Å². The fraction of sp³-hybridized carbons (Fsp3) is 0.364. The molecule has 3 rings (SSSR count). The molecule has 0 bridgehead atoms. The molecule has 0 aromatic heterocycles. The predicted octanol–water partition coefficient (Wildman–Crippen LogP) is 3.70. The van der Waals surface area contributed by atoms with Gasteiger partial charge in [-0.3, -0.25) is 9.59 Å². The molecule has 1 heterocycles. The Balaban J connectivity index is 1.59. The Morgan fingerprint density at radius 2 is 1.97 bits per heavy atom. The van der Waals surface area contributed by atoms with E-state index in [-0.39, 0.29) is 24.2 Å². The molecule has 2 amide bonds. The standard InChI is InChI=1S/C22H25ClN2O4/c1-14-17(23)5-4-6-18(14)24-22(27)16-12-21(26)25(13-16)10-9-15-7-8-19(28-2)20(11-15)29-3/h4-8,11,16H,9-10,12-13H2,1-3H3,(H,24,27). The molecule has 2 aromatic rings. The highest BCUT2D eigenvalue weighted by Crippen LogP contribution is 2.29. The van der Waals surface area contributed by atoms with Crippen LogP contribution in [0, 0.1) is 12.8 Å². The Bertz CT molecular complexity index is 916. The summed E-state index contributed by atoms with van der Waals surface area (Å²) < 4.78 is 10.6. The summed E-state index contributed by atoms with van der Waals surface area (Å²) in [6.07, 6.45) is 0.894. The van der Waals surface area contributed by atoms with Gasteiger partial charge in [0.2, 0.25) is 11.8 Å². The third-order valence-electron chi connectivity index (χ3n) is 5.23. The molecule has 6 nitrogen and oxygen atoms in total. The number of carbonyl (C=O) groups excluding carboxylic acids is 2. The van der Waals surface area contributed by atoms with E-state index in [0.717, 1.165) is 11.1 Å². The molecule has 29 heavy (non-hydrogen) atoms. The summed E-state index contributed by atoms with van der Waals surface area (Å²) in [6, 6.07) is 11.1. The van der Waals surface area contributed by atoms with Crippen LogP contribution in [0.25, 0.3) is 0 Å². The number of benzene rings is 2. The molecule has 1 fully saturated rings. The van der Waals surface area contributed by atoms with Crippen LogP contribution in [-0.2, 0) is 16.0 Å². The number of nitrogens with one attached hydrogen (secondary N) is 1. The molecule has 154 valence electrons. The highest BCUT2D eigenvalue weighted by Gasteiger charge is 2.34. The normalized spacial score (nSPS) is 16.1. The first-order chi connectivity index (χ1) is 13.9. The van der Waals surface area contributed by atoms with Gasteiger partial charge >= 0.3 is 0 Å². The summed E-state index contributed by atoms with van der Waals surface area (Å²) in [5, 5.41) is 3.50. The summed E-state index contributed by atoms with van der Waals surface area (Å²) in [5.41, 5.74) is 2.54. The largest absolute Gasteiger partial charge is 0.493 e. The van der Waals surface area contributed by atoms with Gasteiger partial charge in [0, 0.05) is 30.2 Å². The van der Waals surface area contributed by atoms with Gasteiger partial charge in [0.25, 0.3) is 0 Å². The molecular formula is C22H25ClN2O4. The first-order valence-corrected chi connectivity index (χ1v) is 9.85. The van der Waals surface area contributed by atoms with Gasteiger partial charge in [-0.25, -0.2) is 0 Å². The van der Waals surface area contributed by atoms with E-state index in [1.807, 2.05) is 31.2 Å². The fourth-order valence-corrected chi connectivity index (χ4v) is 3.62. The van der Waals surface area contributed by atoms with Crippen LogP contribution in [0.2, 0.25) is 5.02 Å². The molecule has 0 radical (unpaired) electrons. The van der Waals surface area contributed by atoms with Crippen LogP contribution in [0.1, 0.15) is 17.5 Å². The molecule has 1 unspecified atom stereocenters. The average molecular weight is 417 g/mol. The summed E-state index contributed by atoms with van der Waals surface area (Å²) in [4.78, 5) is 26.8. The quantitative estimate of drug-likeness (QED) is 0.747. The lowest BCUT2D eigenvalue weighted by Crippen LogP contribution is -2.30. The van der Waals surface area contributed by atoms with Crippen LogP contribution in [0.15, 0.2) is 36.4 Å². The lowest BCUT2D eigenvalue weighted by Gasteiger charge is -2.17. The SMILES string of the molecule is COc1ccc(CCN2CC(C(=O)Nc3cccc(Cl)c3C)CC2=O)cc1OC. The number of halogens is 1. The minimum atomic E-state index is -0.369. The minimum absolute atomic E-state index is 0.00607. The topological polar surface area (TPSA) is 67.9 Å². The molecule has 1 saturated heterocycles. The zero-order chi connectivity index (χ0) is 21.0. The van der Waals surface area contributed by atoms with Crippen molar-refractivity contribution in [3.05, 3.63) is 52.5 Å². The Labute approximate surface area is 175 Å². The van der Waals surface area contributed by atoms with E-state index in [4.69, 9.17) is 21.1 Å². The maximum atomic E-state index is 12.6. The summed E-state index contributed by atoms with van der Waals surface area (Å²) >= 11 is 6.11. The van der Waals surface area contributed by atoms with Crippen LogP contribution >= 0.6 is 11.6 Å². The van der Waals surface area contributed by atoms with Gasteiger partial charge < -0.3 is 19.7 Å². The zero-order valence-corrected chi connectivity index (χ0v) is 17.6. The number of anilines is 1. The van der Waals surface area contributed by atoms with Crippen LogP contribution in [0.5, 0.6) is 11.5 Å². The maximum Gasteiger partial charge on any atom is 0.229 e. The van der Waals surface area contributed by atoms with Gasteiger partial charge in [0.15, 0.2) is 11.5 Å². The summed E-state index contributed by atoms with van der Waals surface area (Å²) in [7, 11) is 3.19. The molecule has 7 heteroatoms. The first kappa shape index (κ1) is 21.0. The fourth-order valence-electron chi connectivity index (χ4n) is 3.44. The van der Waals surface area contributed by atoms with Crippen molar-refractivity contribution in [3.8, 4) is 11.5 Å². The van der Waals surface area contributed by atoms with E-state index in [1.165, 1.54) is 0 Å². The number of methoxy groups -OCH3 is 2. The van der Waals surface area contributed by atoms with E-state index in [0.29, 0.717) is 41.7 Å². The van der Waals surface area contributed by atoms with Crippen molar-refractivity contribution in [1.82, 2.24) is 4.90 Å². The van der Waals surface area contributed by atoms with Crippen molar-refractivity contribution in [2.24, 2.45) is 5.92 Å². The Morgan fingerprint density at radius 1 is 1.21 bits per heavy atom. The number of amides is 2. The Morgan fingerprint density at radius 3 is 2.69 bits per heavy atom. The third-order valence-corrected chi connectivity index (χ3v) is 5.64. The molecule has 1 atom stereocenters. The number of ether oxygens (including phenoxy) is 2. The Kier molecular flexibility index (Phi) is 6.64. The smallest absolute Gasteiger partial charge is 0.229 e. The number of carbonyl (C=O) groups is 2. The predicted molar refractivity (Wildman–Crippen MR) is 113 cm³/mol. The molecule has 1 aliphatic rings. The number of nitrogens with zero attached hydrogens (tertiary/aromatic N) is 1. The van der Waals surface area contributed by atoms with Crippen LogP contribution in [-0.4, -0.2) is 44.0 Å². The third kappa shape index (κ3) is 4.82. The number of hydrogen-bond donors (Lipinski definition) is 1. The summed E-state index contributed by atoms with van der Waals surface area (Å²) in [5.74, 6) is 0.797. The van der Waals surface area contributed by atoms with Gasteiger partial charge in [-0.15, -0.1) is 0 Å². The van der Waals surface area contributed by atoms with Gasteiger partial charge in [0.1, 0.15) is 0 Å². The van der Waals surface area contributed by atoms with Crippen LogP contribution < -0.4 is 14.8 Å². The second-order valence-corrected chi connectivity index (χ2v) is 7.49. The van der Waals surface area contributed by atoms with Crippen molar-refractivity contribution in [3.63, 3.8) is 0 Å². The van der Waals surface area contributed by atoms with E-state index in [2.05, 4.69) is 5.32 Å². The lowest BCUT2D eigenvalue weighted by atomic mass is 10.1. The van der Waals surface area contributed by atoms with E-state index < -0.39 is 0 Å². The first-order valence-electron chi connectivity index (χ1n) is 9.47. The maximum absolute atomic E-state index is 12.6. The molecule has 1 N–H and O–H groups in total. The van der Waals surface area contributed by atoms with Crippen LogP contribution in [0.4, 0.5) is 5.69 Å². The monoisotopic (exact) mass is 416 g/mol.